The van der Waals surface area contributed by atoms with E-state index in [-0.39, 0.29) is 12.0 Å². The number of nitrogens with zero attached hydrogens (tertiary/aromatic N) is 1. The number of rotatable bonds is 0. The summed E-state index contributed by atoms with van der Waals surface area (Å²) in [5, 5.41) is 1.37. The van der Waals surface area contributed by atoms with Crippen LogP contribution in [0.15, 0.2) is 12.1 Å². The van der Waals surface area contributed by atoms with Crippen LogP contribution in [-0.4, -0.2) is 10.4 Å². The van der Waals surface area contributed by atoms with Crippen LogP contribution >= 0.6 is 0 Å². The van der Waals surface area contributed by atoms with Gasteiger partial charge >= 0.3 is 0 Å². The molecule has 2 aliphatic rings. The van der Waals surface area contributed by atoms with Crippen molar-refractivity contribution >= 4 is 16.7 Å². The Morgan fingerprint density at radius 1 is 1.05 bits per heavy atom. The van der Waals surface area contributed by atoms with E-state index in [2.05, 4.69) is 51.3 Å². The predicted molar refractivity (Wildman–Crippen MR) is 90.9 cm³/mol. The van der Waals surface area contributed by atoms with E-state index in [4.69, 9.17) is 0 Å². The summed E-state index contributed by atoms with van der Waals surface area (Å²) in [6, 6.07) is 4.47. The van der Waals surface area contributed by atoms with Gasteiger partial charge in [0.1, 0.15) is 0 Å². The molecule has 0 saturated carbocycles. The first-order valence-electron chi connectivity index (χ1n) is 8.65. The molecule has 22 heavy (non-hydrogen) atoms. The van der Waals surface area contributed by atoms with Crippen LogP contribution in [-0.2, 0) is 0 Å². The smallest absolute Gasteiger partial charge is 0.169 e. The van der Waals surface area contributed by atoms with Gasteiger partial charge < -0.3 is 4.57 Å². The normalized spacial score (nSPS) is 30.7. The van der Waals surface area contributed by atoms with Crippen molar-refractivity contribution in [2.24, 2.45) is 5.92 Å². The number of carbonyl (C=O) groups is 1. The molecular formula is C20H25NO. The molecule has 0 radical (unpaired) electrons. The van der Waals surface area contributed by atoms with E-state index in [9.17, 15) is 4.79 Å². The number of carbonyl (C=O) groups excluding carboxylic acids is 1. The minimum Gasteiger partial charge on any atom is -0.340 e. The fraction of sp³-hybridized carbons (Fsp3) is 0.550. The molecule has 1 aromatic carbocycles. The molecule has 4 rings (SSSR count). The molecular weight excluding hydrogens is 270 g/mol. The Balaban J connectivity index is 2.23. The van der Waals surface area contributed by atoms with Gasteiger partial charge in [0.2, 0.25) is 0 Å². The van der Waals surface area contributed by atoms with E-state index in [1.165, 1.54) is 40.6 Å². The van der Waals surface area contributed by atoms with Gasteiger partial charge in [0.25, 0.3) is 0 Å². The van der Waals surface area contributed by atoms with Crippen molar-refractivity contribution in [3.05, 3.63) is 34.5 Å². The van der Waals surface area contributed by atoms with Gasteiger partial charge in [-0.3, -0.25) is 4.79 Å². The Hall–Kier alpha value is -1.57. The van der Waals surface area contributed by atoms with Gasteiger partial charge in [-0.25, -0.2) is 0 Å². The highest BCUT2D eigenvalue weighted by molar-refractivity contribution is 6.11. The predicted octanol–water partition coefficient (Wildman–Crippen LogP) is 5.34. The number of Topliss-reactive ketones (excluding diaryl/α,β-unsaturated/α-hetero) is 1. The lowest BCUT2D eigenvalue weighted by Gasteiger charge is -2.33. The number of hydrogen-bond acceptors (Lipinski definition) is 1. The SMILES string of the molecule is Cc1ccc2c3c1c1c(n3C(C)C(C)C2=O)C(C)CCC1C. The third kappa shape index (κ3) is 1.53. The first-order chi connectivity index (χ1) is 10.4. The van der Waals surface area contributed by atoms with Gasteiger partial charge in [-0.15, -0.1) is 0 Å². The summed E-state index contributed by atoms with van der Waals surface area (Å²) in [5.41, 5.74) is 6.53. The number of aryl methyl sites for hydroxylation is 1. The van der Waals surface area contributed by atoms with Crippen molar-refractivity contribution in [2.45, 2.75) is 65.3 Å². The van der Waals surface area contributed by atoms with Crippen molar-refractivity contribution < 1.29 is 4.79 Å². The summed E-state index contributed by atoms with van der Waals surface area (Å²) in [5.74, 6) is 1.58. The first kappa shape index (κ1) is 14.0. The number of hydrogen-bond donors (Lipinski definition) is 0. The average molecular weight is 295 g/mol. The van der Waals surface area contributed by atoms with Gasteiger partial charge in [0.15, 0.2) is 5.78 Å². The topological polar surface area (TPSA) is 22.0 Å². The summed E-state index contributed by atoms with van der Waals surface area (Å²) in [6.45, 7) is 11.2. The monoisotopic (exact) mass is 295 g/mol. The van der Waals surface area contributed by atoms with E-state index in [1.54, 1.807) is 0 Å². The molecule has 2 heterocycles. The minimum absolute atomic E-state index is 0.0688. The quantitative estimate of drug-likeness (QED) is 0.642. The van der Waals surface area contributed by atoms with Gasteiger partial charge in [-0.2, -0.15) is 0 Å². The van der Waals surface area contributed by atoms with Crippen molar-refractivity contribution in [1.82, 2.24) is 4.57 Å². The Morgan fingerprint density at radius 2 is 1.73 bits per heavy atom. The zero-order valence-electron chi connectivity index (χ0n) is 14.2. The second kappa shape index (κ2) is 4.47. The number of benzene rings is 1. The minimum atomic E-state index is 0.0688. The molecule has 0 fully saturated rings. The maximum atomic E-state index is 12.8. The zero-order chi connectivity index (χ0) is 15.8. The van der Waals surface area contributed by atoms with Gasteiger partial charge in [0.05, 0.1) is 5.52 Å². The van der Waals surface area contributed by atoms with Crippen LogP contribution in [0.3, 0.4) is 0 Å². The summed E-state index contributed by atoms with van der Waals surface area (Å²) in [4.78, 5) is 12.8. The standard InChI is InChI=1S/C20H25NO/c1-10-6-7-12(3)18-16(10)17-11(2)8-9-15-19(17)21(18)14(5)13(4)20(15)22/h8-10,12-14H,6-7H2,1-5H3. The Bertz CT molecular complexity index is 798. The van der Waals surface area contributed by atoms with E-state index < -0.39 is 0 Å². The fourth-order valence-electron chi connectivity index (χ4n) is 4.75. The molecule has 0 bridgehead atoms. The molecule has 2 heteroatoms. The van der Waals surface area contributed by atoms with Crippen molar-refractivity contribution in [1.29, 1.82) is 0 Å². The molecule has 0 saturated heterocycles. The van der Waals surface area contributed by atoms with Crippen LogP contribution in [0, 0.1) is 12.8 Å². The summed E-state index contributed by atoms with van der Waals surface area (Å²) in [6.07, 6.45) is 2.52. The second-order valence-electron chi connectivity index (χ2n) is 7.60. The molecule has 116 valence electrons. The highest BCUT2D eigenvalue weighted by Crippen LogP contribution is 2.49. The van der Waals surface area contributed by atoms with E-state index in [0.717, 1.165) is 5.56 Å². The Kier molecular flexibility index (Phi) is 2.85. The van der Waals surface area contributed by atoms with Crippen molar-refractivity contribution in [3.8, 4) is 0 Å². The number of fused-ring (bicyclic) bond motifs is 3. The lowest BCUT2D eigenvalue weighted by atomic mass is 9.80. The average Bonchev–Trinajstić information content (AvgIpc) is 2.86. The van der Waals surface area contributed by atoms with Crippen LogP contribution in [0.4, 0.5) is 0 Å². The molecule has 2 nitrogen and oxygen atoms in total. The van der Waals surface area contributed by atoms with Crippen LogP contribution < -0.4 is 0 Å². The van der Waals surface area contributed by atoms with Gasteiger partial charge in [-0.05, 0) is 55.7 Å². The lowest BCUT2D eigenvalue weighted by molar-refractivity contribution is 0.0887. The van der Waals surface area contributed by atoms with Crippen molar-refractivity contribution in [3.63, 3.8) is 0 Å². The fourth-order valence-corrected chi connectivity index (χ4v) is 4.75. The highest BCUT2D eigenvalue weighted by Gasteiger charge is 2.38. The third-order valence-electron chi connectivity index (χ3n) is 6.23. The molecule has 1 aliphatic heterocycles. The van der Waals surface area contributed by atoms with Crippen molar-refractivity contribution in [2.75, 3.05) is 0 Å². The van der Waals surface area contributed by atoms with Gasteiger partial charge in [0, 0.05) is 28.6 Å². The molecule has 2 aromatic rings. The van der Waals surface area contributed by atoms with Crippen LogP contribution in [0.1, 0.15) is 85.6 Å². The summed E-state index contributed by atoms with van der Waals surface area (Å²) >= 11 is 0. The largest absolute Gasteiger partial charge is 0.340 e. The maximum absolute atomic E-state index is 12.8. The molecule has 4 atom stereocenters. The third-order valence-corrected chi connectivity index (χ3v) is 6.23. The second-order valence-corrected chi connectivity index (χ2v) is 7.60. The number of ketones is 1. The molecule has 0 spiro atoms. The Morgan fingerprint density at radius 3 is 2.45 bits per heavy atom. The molecule has 4 unspecified atom stereocenters. The summed E-state index contributed by atoms with van der Waals surface area (Å²) < 4.78 is 2.53. The molecule has 1 aliphatic carbocycles. The molecule has 0 N–H and O–H groups in total. The van der Waals surface area contributed by atoms with Crippen LogP contribution in [0.2, 0.25) is 0 Å². The van der Waals surface area contributed by atoms with E-state index in [0.29, 0.717) is 17.6 Å². The van der Waals surface area contributed by atoms with Crippen LogP contribution in [0.25, 0.3) is 10.9 Å². The number of aromatic nitrogens is 1. The maximum Gasteiger partial charge on any atom is 0.169 e. The first-order valence-corrected chi connectivity index (χ1v) is 8.65. The van der Waals surface area contributed by atoms with Gasteiger partial charge in [-0.1, -0.05) is 26.8 Å². The summed E-state index contributed by atoms with van der Waals surface area (Å²) in [7, 11) is 0. The van der Waals surface area contributed by atoms with E-state index >= 15 is 0 Å². The van der Waals surface area contributed by atoms with Crippen LogP contribution in [0.5, 0.6) is 0 Å². The van der Waals surface area contributed by atoms with E-state index in [1.807, 2.05) is 0 Å². The molecule has 1 aromatic heterocycles. The molecule has 0 amide bonds. The highest BCUT2D eigenvalue weighted by atomic mass is 16.1. The zero-order valence-corrected chi connectivity index (χ0v) is 14.2. The lowest BCUT2D eigenvalue weighted by Crippen LogP contribution is -2.29. The Labute approximate surface area is 132 Å².